The van der Waals surface area contributed by atoms with Gasteiger partial charge in [-0.1, -0.05) is 43.7 Å². The van der Waals surface area contributed by atoms with Crippen molar-refractivity contribution < 1.29 is 23.2 Å². The minimum Gasteiger partial charge on any atom is -0.481 e. The molecular formula is C22H24ClN3O6S. The van der Waals surface area contributed by atoms with Crippen LogP contribution in [-0.4, -0.2) is 34.1 Å². The lowest BCUT2D eigenvalue weighted by Gasteiger charge is -2.05. The Bertz CT molecular complexity index is 1300. The number of fused-ring (bicyclic) bond motifs is 1. The average Bonchev–Trinajstić information content (AvgIpc) is 3.18. The molecule has 176 valence electrons. The van der Waals surface area contributed by atoms with E-state index in [-0.39, 0.29) is 23.0 Å². The highest BCUT2D eigenvalue weighted by Gasteiger charge is 2.15. The van der Waals surface area contributed by atoms with Gasteiger partial charge in [-0.05, 0) is 42.3 Å². The lowest BCUT2D eigenvalue weighted by Crippen LogP contribution is -2.14. The minimum absolute atomic E-state index is 0.0530. The molecule has 0 radical (unpaired) electrons. The molecule has 1 atom stereocenters. The number of aromatic nitrogens is 1. The molecule has 0 aliphatic carbocycles. The average molecular weight is 494 g/mol. The van der Waals surface area contributed by atoms with Crippen LogP contribution in [0.2, 0.25) is 5.02 Å². The molecule has 0 saturated carbocycles. The third-order valence-electron chi connectivity index (χ3n) is 4.82. The van der Waals surface area contributed by atoms with Crippen LogP contribution in [0.4, 0.5) is 11.4 Å². The maximum atomic E-state index is 12.6. The van der Waals surface area contributed by atoms with Crippen molar-refractivity contribution in [2.75, 3.05) is 11.5 Å². The van der Waals surface area contributed by atoms with Crippen LogP contribution in [0.5, 0.6) is 0 Å². The van der Waals surface area contributed by atoms with E-state index in [2.05, 4.69) is 0 Å². The summed E-state index contributed by atoms with van der Waals surface area (Å²) in [6, 6.07) is 10.9. The predicted molar refractivity (Wildman–Crippen MR) is 130 cm³/mol. The Balaban J connectivity index is 0.000000479. The van der Waals surface area contributed by atoms with Crippen molar-refractivity contribution in [3.63, 3.8) is 0 Å². The van der Waals surface area contributed by atoms with Gasteiger partial charge in [0, 0.05) is 22.7 Å². The summed E-state index contributed by atoms with van der Waals surface area (Å²) in [5, 5.41) is 20.3. The largest absolute Gasteiger partial charge is 0.481 e. The third-order valence-corrected chi connectivity index (χ3v) is 6.59. The van der Waals surface area contributed by atoms with Crippen LogP contribution < -0.4 is 5.73 Å². The number of carboxylic acids is 1. The Morgan fingerprint density at radius 2 is 1.97 bits per heavy atom. The Morgan fingerprint density at radius 1 is 1.27 bits per heavy atom. The number of nitrogen functional groups attached to an aromatic ring is 1. The fourth-order valence-corrected chi connectivity index (χ4v) is 4.11. The first-order valence-electron chi connectivity index (χ1n) is 9.89. The normalized spacial score (nSPS) is 12.3. The number of nitro groups is 1. The molecule has 0 saturated heterocycles. The van der Waals surface area contributed by atoms with Crippen molar-refractivity contribution in [1.29, 1.82) is 0 Å². The number of halogens is 1. The fraction of sp³-hybridized carbons (Fsp3) is 0.227. The van der Waals surface area contributed by atoms with Gasteiger partial charge in [-0.2, -0.15) is 0 Å². The molecule has 9 nitrogen and oxygen atoms in total. The van der Waals surface area contributed by atoms with E-state index in [1.54, 1.807) is 37.3 Å². The number of rotatable bonds is 7. The quantitative estimate of drug-likeness (QED) is 0.273. The molecule has 0 aliphatic heterocycles. The van der Waals surface area contributed by atoms with Gasteiger partial charge in [-0.25, -0.2) is 12.4 Å². The Labute approximate surface area is 196 Å². The number of hydrogen-bond donors (Lipinski definition) is 2. The number of aliphatic carboxylic acids is 1. The monoisotopic (exact) mass is 493 g/mol. The molecule has 2 aromatic carbocycles. The minimum atomic E-state index is -3.63. The van der Waals surface area contributed by atoms with Crippen molar-refractivity contribution in [3.05, 3.63) is 75.4 Å². The van der Waals surface area contributed by atoms with Gasteiger partial charge in [0.1, 0.15) is 5.69 Å². The van der Waals surface area contributed by atoms with Crippen molar-refractivity contribution >= 4 is 55.9 Å². The number of nitro benzene ring substituents is 1. The van der Waals surface area contributed by atoms with Crippen molar-refractivity contribution in [2.24, 2.45) is 5.92 Å². The number of carbonyl (C=O) groups is 1. The molecule has 33 heavy (non-hydrogen) atoms. The van der Waals surface area contributed by atoms with E-state index >= 15 is 0 Å². The molecule has 0 fully saturated rings. The number of anilines is 1. The van der Waals surface area contributed by atoms with Crippen LogP contribution in [0.1, 0.15) is 25.8 Å². The summed E-state index contributed by atoms with van der Waals surface area (Å²) in [6.45, 7) is 3.56. The number of nitrogens with two attached hydrogens (primary N) is 1. The van der Waals surface area contributed by atoms with Gasteiger partial charge in [-0.3, -0.25) is 14.9 Å². The van der Waals surface area contributed by atoms with E-state index in [1.165, 1.54) is 34.5 Å². The number of hydrogen-bond acceptors (Lipinski definition) is 6. The molecule has 0 aliphatic rings. The summed E-state index contributed by atoms with van der Waals surface area (Å²) in [4.78, 5) is 20.3. The van der Waals surface area contributed by atoms with E-state index in [1.807, 2.05) is 6.92 Å². The molecule has 1 unspecified atom stereocenters. The summed E-state index contributed by atoms with van der Waals surface area (Å²) < 4.78 is 26.3. The summed E-state index contributed by atoms with van der Waals surface area (Å²) >= 11 is 5.91. The van der Waals surface area contributed by atoms with Crippen LogP contribution in [0.3, 0.4) is 0 Å². The maximum Gasteiger partial charge on any atom is 0.306 e. The molecule has 0 spiro atoms. The van der Waals surface area contributed by atoms with E-state index in [0.717, 1.165) is 11.8 Å². The summed E-state index contributed by atoms with van der Waals surface area (Å²) in [7, 11) is -3.63. The second-order valence-electron chi connectivity index (χ2n) is 7.22. The van der Waals surface area contributed by atoms with E-state index in [0.29, 0.717) is 16.1 Å². The Hall–Kier alpha value is -3.37. The molecule has 1 aromatic heterocycles. The predicted octanol–water partition coefficient (Wildman–Crippen LogP) is 4.79. The Kier molecular flexibility index (Phi) is 8.61. The van der Waals surface area contributed by atoms with Gasteiger partial charge >= 0.3 is 5.97 Å². The standard InChI is InChI=1S/C17H14ClN3O4S.C5H10O2/c18-14-4-6-16-13(11-14)7-8-20(16)26(24,25)9-1-2-12-3-5-15(19)17(10-12)21(22)23;1-3-4(2)5(6)7/h1-8,10-11H,9,19H2;4H,3H2,1-2H3,(H,6,7). The molecule has 11 heteroatoms. The van der Waals surface area contributed by atoms with E-state index in [9.17, 15) is 23.3 Å². The smallest absolute Gasteiger partial charge is 0.306 e. The second kappa shape index (κ2) is 11.0. The first kappa shape index (κ1) is 25.9. The third kappa shape index (κ3) is 6.80. The molecule has 3 rings (SSSR count). The lowest BCUT2D eigenvalue weighted by atomic mass is 10.1. The van der Waals surface area contributed by atoms with Crippen molar-refractivity contribution in [1.82, 2.24) is 3.97 Å². The fourth-order valence-electron chi connectivity index (χ4n) is 2.71. The van der Waals surface area contributed by atoms with Gasteiger partial charge in [0.05, 0.1) is 22.1 Å². The topological polar surface area (TPSA) is 146 Å². The van der Waals surface area contributed by atoms with E-state index < -0.39 is 20.9 Å². The molecule has 0 amide bonds. The highest BCUT2D eigenvalue weighted by atomic mass is 35.5. The van der Waals surface area contributed by atoms with Gasteiger partial charge in [-0.15, -0.1) is 0 Å². The summed E-state index contributed by atoms with van der Waals surface area (Å²) in [5.74, 6) is -1.15. The van der Waals surface area contributed by atoms with Crippen molar-refractivity contribution in [3.8, 4) is 0 Å². The van der Waals surface area contributed by atoms with Crippen molar-refractivity contribution in [2.45, 2.75) is 20.3 Å². The molecule has 3 N–H and O–H groups in total. The van der Waals surface area contributed by atoms with Crippen LogP contribution >= 0.6 is 11.6 Å². The SMILES string of the molecule is CCC(C)C(=O)O.Nc1ccc(C=CCS(=O)(=O)n2ccc3cc(Cl)ccc32)cc1[N+](=O)[O-]. The zero-order chi connectivity index (χ0) is 24.8. The molecule has 0 bridgehead atoms. The molecule has 3 aromatic rings. The summed E-state index contributed by atoms with van der Waals surface area (Å²) in [6.07, 6.45) is 5.13. The number of nitrogens with zero attached hydrogens (tertiary/aromatic N) is 2. The zero-order valence-corrected chi connectivity index (χ0v) is 19.6. The second-order valence-corrected chi connectivity index (χ2v) is 9.55. The maximum absolute atomic E-state index is 12.6. The summed E-state index contributed by atoms with van der Waals surface area (Å²) in [5.41, 5.74) is 6.40. The first-order valence-corrected chi connectivity index (χ1v) is 11.9. The zero-order valence-electron chi connectivity index (χ0n) is 18.0. The van der Waals surface area contributed by atoms with Gasteiger partial charge in [0.2, 0.25) is 10.0 Å². The highest BCUT2D eigenvalue weighted by molar-refractivity contribution is 7.90. The number of carboxylic acid groups (broad SMARTS) is 1. The van der Waals surface area contributed by atoms with Gasteiger partial charge in [0.25, 0.3) is 5.69 Å². The molecule has 1 heterocycles. The van der Waals surface area contributed by atoms with Crippen LogP contribution in [0.15, 0.2) is 54.7 Å². The van der Waals surface area contributed by atoms with Gasteiger partial charge < -0.3 is 10.8 Å². The molecular weight excluding hydrogens is 470 g/mol. The lowest BCUT2D eigenvalue weighted by molar-refractivity contribution is -0.383. The van der Waals surface area contributed by atoms with Crippen LogP contribution in [0.25, 0.3) is 17.0 Å². The first-order chi connectivity index (χ1) is 15.5. The van der Waals surface area contributed by atoms with Crippen LogP contribution in [-0.2, 0) is 14.8 Å². The highest BCUT2D eigenvalue weighted by Crippen LogP contribution is 2.24. The Morgan fingerprint density at radius 3 is 2.55 bits per heavy atom. The van der Waals surface area contributed by atoms with Crippen LogP contribution in [0, 0.1) is 16.0 Å². The van der Waals surface area contributed by atoms with E-state index in [4.69, 9.17) is 22.4 Å². The van der Waals surface area contributed by atoms with Gasteiger partial charge in [0.15, 0.2) is 0 Å². The number of benzene rings is 2.